The van der Waals surface area contributed by atoms with Crippen LogP contribution >= 0.6 is 0 Å². The predicted molar refractivity (Wildman–Crippen MR) is 128 cm³/mol. The Kier molecular flexibility index (Phi) is 5.55. The number of methoxy groups -OCH3 is 1. The van der Waals surface area contributed by atoms with E-state index in [0.29, 0.717) is 11.2 Å². The molecule has 0 spiro atoms. The number of rotatable bonds is 5. The number of carbonyl (C=O) groups excluding carboxylic acids is 1. The van der Waals surface area contributed by atoms with Gasteiger partial charge in [0.15, 0.2) is 22.9 Å². The highest BCUT2D eigenvalue weighted by molar-refractivity contribution is 5.92. The van der Waals surface area contributed by atoms with Crippen LogP contribution in [0.3, 0.4) is 0 Å². The van der Waals surface area contributed by atoms with E-state index >= 15 is 0 Å². The number of ether oxygens (including phenoxy) is 1. The van der Waals surface area contributed by atoms with E-state index in [2.05, 4.69) is 10.1 Å². The molecule has 0 bridgehead atoms. The summed E-state index contributed by atoms with van der Waals surface area (Å²) in [6, 6.07) is 6.02. The van der Waals surface area contributed by atoms with Gasteiger partial charge in [-0.05, 0) is 24.3 Å². The van der Waals surface area contributed by atoms with Gasteiger partial charge in [0.25, 0.3) is 0 Å². The molecule has 3 heterocycles. The molecule has 0 saturated heterocycles. The first-order chi connectivity index (χ1) is 17.7. The number of hydrogen-bond acceptors (Lipinski definition) is 11. The number of esters is 1. The van der Waals surface area contributed by atoms with E-state index < -0.39 is 57.2 Å². The SMILES string of the molecule is COC(=O)C[C@@H](c1c(O)cc(O)c2c(=O)c(O)c(-c3ccc(O)c(O)c3)oc12)c1cnn2cccnc12. The second-order valence-electron chi connectivity index (χ2n) is 8.17. The van der Waals surface area contributed by atoms with E-state index in [-0.39, 0.29) is 23.1 Å². The molecule has 5 rings (SSSR count). The molecule has 188 valence electrons. The molecule has 0 amide bonds. The zero-order valence-electron chi connectivity index (χ0n) is 19.1. The Hall–Kier alpha value is -5.26. The Labute approximate surface area is 206 Å². The molecular formula is C25H19N3O9. The first kappa shape index (κ1) is 23.5. The van der Waals surface area contributed by atoms with Gasteiger partial charge in [-0.3, -0.25) is 9.59 Å². The highest BCUT2D eigenvalue weighted by atomic mass is 16.5. The van der Waals surface area contributed by atoms with Gasteiger partial charge in [0.2, 0.25) is 11.2 Å². The van der Waals surface area contributed by atoms with E-state index in [1.54, 1.807) is 12.3 Å². The van der Waals surface area contributed by atoms with Crippen LogP contribution in [0.15, 0.2) is 58.1 Å². The van der Waals surface area contributed by atoms with Gasteiger partial charge in [-0.25, -0.2) is 9.50 Å². The summed E-state index contributed by atoms with van der Waals surface area (Å²) >= 11 is 0. The van der Waals surface area contributed by atoms with Crippen LogP contribution in [0.5, 0.6) is 28.7 Å². The third kappa shape index (κ3) is 3.80. The second-order valence-corrected chi connectivity index (χ2v) is 8.17. The largest absolute Gasteiger partial charge is 0.507 e. The van der Waals surface area contributed by atoms with Gasteiger partial charge in [0.1, 0.15) is 22.5 Å². The van der Waals surface area contributed by atoms with Crippen LogP contribution in [0.25, 0.3) is 27.9 Å². The van der Waals surface area contributed by atoms with Crippen molar-refractivity contribution in [1.29, 1.82) is 0 Å². The van der Waals surface area contributed by atoms with Gasteiger partial charge in [0, 0.05) is 41.1 Å². The van der Waals surface area contributed by atoms with Crippen LogP contribution in [0.2, 0.25) is 0 Å². The fourth-order valence-corrected chi connectivity index (χ4v) is 4.25. The molecule has 5 N–H and O–H groups in total. The zero-order valence-corrected chi connectivity index (χ0v) is 19.1. The van der Waals surface area contributed by atoms with Gasteiger partial charge < -0.3 is 34.7 Å². The van der Waals surface area contributed by atoms with Gasteiger partial charge in [0.05, 0.1) is 19.7 Å². The summed E-state index contributed by atoms with van der Waals surface area (Å²) in [7, 11) is 1.19. The van der Waals surface area contributed by atoms with Crippen LogP contribution in [0.1, 0.15) is 23.5 Å². The Bertz CT molecular complexity index is 1760. The van der Waals surface area contributed by atoms with Crippen LogP contribution in [-0.2, 0) is 9.53 Å². The summed E-state index contributed by atoms with van der Waals surface area (Å²) in [4.78, 5) is 29.9. The second kappa shape index (κ2) is 8.75. The van der Waals surface area contributed by atoms with Crippen molar-refractivity contribution in [3.63, 3.8) is 0 Å². The third-order valence-electron chi connectivity index (χ3n) is 6.01. The van der Waals surface area contributed by atoms with Gasteiger partial charge >= 0.3 is 5.97 Å². The van der Waals surface area contributed by atoms with Crippen molar-refractivity contribution in [2.24, 2.45) is 0 Å². The van der Waals surface area contributed by atoms with Crippen LogP contribution in [0, 0.1) is 0 Å². The minimum Gasteiger partial charge on any atom is -0.507 e. The number of aromatic hydroxyl groups is 5. The molecule has 0 aliphatic carbocycles. The van der Waals surface area contributed by atoms with Gasteiger partial charge in [-0.15, -0.1) is 0 Å². The monoisotopic (exact) mass is 505 g/mol. The quantitative estimate of drug-likeness (QED) is 0.174. The average molecular weight is 505 g/mol. The molecule has 0 radical (unpaired) electrons. The first-order valence-electron chi connectivity index (χ1n) is 10.8. The smallest absolute Gasteiger partial charge is 0.306 e. The van der Waals surface area contributed by atoms with Crippen molar-refractivity contribution in [1.82, 2.24) is 14.6 Å². The molecule has 0 aliphatic heterocycles. The van der Waals surface area contributed by atoms with Crippen LogP contribution in [0.4, 0.5) is 0 Å². The minimum atomic E-state index is -1.03. The summed E-state index contributed by atoms with van der Waals surface area (Å²) < 4.78 is 12.2. The molecule has 5 aromatic rings. The van der Waals surface area contributed by atoms with E-state index in [9.17, 15) is 35.1 Å². The molecular weight excluding hydrogens is 486 g/mol. The lowest BCUT2D eigenvalue weighted by molar-refractivity contribution is -0.140. The molecule has 2 aromatic carbocycles. The summed E-state index contributed by atoms with van der Waals surface area (Å²) in [5.74, 6) is -5.14. The van der Waals surface area contributed by atoms with E-state index in [1.165, 1.54) is 30.1 Å². The fourth-order valence-electron chi connectivity index (χ4n) is 4.25. The maximum absolute atomic E-state index is 13.2. The van der Waals surface area contributed by atoms with Crippen molar-refractivity contribution in [2.45, 2.75) is 12.3 Å². The number of hydrogen-bond donors (Lipinski definition) is 5. The minimum absolute atomic E-state index is 0.0164. The first-order valence-corrected chi connectivity index (χ1v) is 10.8. The maximum Gasteiger partial charge on any atom is 0.306 e. The topological polar surface area (TPSA) is 188 Å². The Morgan fingerprint density at radius 1 is 1.08 bits per heavy atom. The third-order valence-corrected chi connectivity index (χ3v) is 6.01. The molecule has 0 unspecified atom stereocenters. The van der Waals surface area contributed by atoms with E-state index in [4.69, 9.17) is 9.15 Å². The number of phenols is 4. The van der Waals surface area contributed by atoms with Gasteiger partial charge in [-0.1, -0.05) is 0 Å². The summed E-state index contributed by atoms with van der Waals surface area (Å²) in [5, 5.41) is 55.4. The van der Waals surface area contributed by atoms with E-state index in [1.807, 2.05) is 0 Å². The number of carbonyl (C=O) groups is 1. The van der Waals surface area contributed by atoms with Crippen LogP contribution < -0.4 is 5.43 Å². The Morgan fingerprint density at radius 2 is 1.86 bits per heavy atom. The number of fused-ring (bicyclic) bond motifs is 2. The van der Waals surface area contributed by atoms with Crippen molar-refractivity contribution in [3.8, 4) is 40.1 Å². The summed E-state index contributed by atoms with van der Waals surface area (Å²) in [6.07, 6.45) is 4.24. The average Bonchev–Trinajstić information content (AvgIpc) is 3.30. The Morgan fingerprint density at radius 3 is 2.59 bits per heavy atom. The number of aromatic nitrogens is 3. The molecule has 0 aliphatic rings. The molecule has 37 heavy (non-hydrogen) atoms. The Balaban J connectivity index is 1.87. The summed E-state index contributed by atoms with van der Waals surface area (Å²) in [5.41, 5.74) is -0.679. The maximum atomic E-state index is 13.2. The highest BCUT2D eigenvalue weighted by Gasteiger charge is 2.31. The lowest BCUT2D eigenvalue weighted by atomic mass is 9.87. The number of benzene rings is 2. The standard InChI is InChI=1S/C25H19N3O9/c1-36-18(33)8-12(13-10-27-28-6-2-5-26-25(13)28)19-16(31)9-17(32)20-21(34)22(35)23(37-24(19)20)11-3-4-14(29)15(30)7-11/h2-7,9-10,12,29-32,35H,8H2,1H3/t12-/m1/s1. The van der Waals surface area contributed by atoms with Crippen molar-refractivity contribution >= 4 is 22.6 Å². The predicted octanol–water partition coefficient (Wildman–Crippen LogP) is 2.73. The molecule has 12 heteroatoms. The lowest BCUT2D eigenvalue weighted by Crippen LogP contribution is -2.13. The van der Waals surface area contributed by atoms with E-state index in [0.717, 1.165) is 18.2 Å². The molecule has 0 fully saturated rings. The number of nitrogens with zero attached hydrogens (tertiary/aromatic N) is 3. The highest BCUT2D eigenvalue weighted by Crippen LogP contribution is 2.45. The normalized spacial score (nSPS) is 12.1. The lowest BCUT2D eigenvalue weighted by Gasteiger charge is -2.19. The number of phenolic OH excluding ortho intramolecular Hbond substituents is 4. The molecule has 0 saturated carbocycles. The van der Waals surface area contributed by atoms with Crippen molar-refractivity contribution < 1.29 is 39.5 Å². The van der Waals surface area contributed by atoms with Gasteiger partial charge in [-0.2, -0.15) is 5.10 Å². The van der Waals surface area contributed by atoms with Crippen molar-refractivity contribution in [2.75, 3.05) is 7.11 Å². The zero-order chi connectivity index (χ0) is 26.4. The van der Waals surface area contributed by atoms with Crippen LogP contribution in [-0.4, -0.2) is 53.2 Å². The molecule has 3 aromatic heterocycles. The molecule has 12 nitrogen and oxygen atoms in total. The summed E-state index contributed by atoms with van der Waals surface area (Å²) in [6.45, 7) is 0. The molecule has 1 atom stereocenters. The van der Waals surface area contributed by atoms with Crippen molar-refractivity contribution in [3.05, 3.63) is 70.3 Å². The fraction of sp³-hybridized carbons (Fsp3) is 0.120.